The summed E-state index contributed by atoms with van der Waals surface area (Å²) in [4.78, 5) is 59.7. The van der Waals surface area contributed by atoms with Crippen LogP contribution in [0.25, 0.3) is 10.9 Å². The van der Waals surface area contributed by atoms with E-state index in [1.807, 2.05) is 6.92 Å². The van der Waals surface area contributed by atoms with Crippen molar-refractivity contribution < 1.29 is 14.4 Å². The number of hydrogen-bond acceptors (Lipinski definition) is 5. The molecule has 32 heavy (non-hydrogen) atoms. The number of carbonyl (C=O) groups excluding carboxylic acids is 3. The molecule has 0 spiro atoms. The lowest BCUT2D eigenvalue weighted by Crippen LogP contribution is -2.33. The number of anilines is 1. The monoisotopic (exact) mass is 452 g/mol. The van der Waals surface area contributed by atoms with Crippen molar-refractivity contribution in [3.63, 3.8) is 0 Å². The van der Waals surface area contributed by atoms with Crippen molar-refractivity contribution in [3.05, 3.63) is 69.2 Å². The number of amides is 3. The molecular formula is C23H21ClN4O4. The SMILES string of the molecule is CCCN(Cc1nc2cc(Cl)ccc2c(=O)[nH]1)C(=O)c1cccc(N2C(=O)CCC2=O)c1. The Balaban J connectivity index is 1.63. The molecule has 0 aliphatic carbocycles. The van der Waals surface area contributed by atoms with E-state index in [0.717, 1.165) is 4.90 Å². The topological polar surface area (TPSA) is 103 Å². The third-order valence-electron chi connectivity index (χ3n) is 5.24. The molecule has 1 fully saturated rings. The summed E-state index contributed by atoms with van der Waals surface area (Å²) in [6.07, 6.45) is 1.03. The van der Waals surface area contributed by atoms with Gasteiger partial charge in [-0.05, 0) is 42.8 Å². The molecule has 0 bridgehead atoms. The Morgan fingerprint density at radius 3 is 2.59 bits per heavy atom. The predicted molar refractivity (Wildman–Crippen MR) is 121 cm³/mol. The van der Waals surface area contributed by atoms with Gasteiger partial charge in [0, 0.05) is 30.0 Å². The first kappa shape index (κ1) is 21.7. The highest BCUT2D eigenvalue weighted by Gasteiger charge is 2.30. The normalized spacial score (nSPS) is 13.8. The largest absolute Gasteiger partial charge is 0.331 e. The number of imide groups is 1. The zero-order valence-electron chi connectivity index (χ0n) is 17.4. The summed E-state index contributed by atoms with van der Waals surface area (Å²) in [5.74, 6) is -0.502. The molecule has 0 atom stereocenters. The molecular weight excluding hydrogens is 432 g/mol. The predicted octanol–water partition coefficient (Wildman–Crippen LogP) is 3.28. The quantitative estimate of drug-likeness (QED) is 0.578. The van der Waals surface area contributed by atoms with Crippen LogP contribution in [0.15, 0.2) is 47.3 Å². The molecule has 1 N–H and O–H groups in total. The van der Waals surface area contributed by atoms with Gasteiger partial charge in [-0.3, -0.25) is 24.1 Å². The van der Waals surface area contributed by atoms with Gasteiger partial charge in [-0.1, -0.05) is 24.6 Å². The molecule has 1 aliphatic rings. The Bertz CT molecular complexity index is 1270. The van der Waals surface area contributed by atoms with Crippen LogP contribution in [-0.4, -0.2) is 39.1 Å². The van der Waals surface area contributed by atoms with E-state index in [0.29, 0.717) is 46.0 Å². The summed E-state index contributed by atoms with van der Waals surface area (Å²) in [6.45, 7) is 2.46. The Labute approximate surface area is 188 Å². The van der Waals surface area contributed by atoms with Crippen molar-refractivity contribution >= 4 is 45.9 Å². The van der Waals surface area contributed by atoms with Crippen LogP contribution in [0, 0.1) is 0 Å². The van der Waals surface area contributed by atoms with Gasteiger partial charge in [0.2, 0.25) is 11.8 Å². The maximum atomic E-state index is 13.3. The number of carbonyl (C=O) groups is 3. The number of H-pyrrole nitrogens is 1. The molecule has 1 aliphatic heterocycles. The molecule has 1 aromatic heterocycles. The van der Waals surface area contributed by atoms with Crippen LogP contribution in [0.5, 0.6) is 0 Å². The number of hydrogen-bond donors (Lipinski definition) is 1. The first-order valence-corrected chi connectivity index (χ1v) is 10.7. The molecule has 8 nitrogen and oxygen atoms in total. The number of aromatic nitrogens is 2. The fraction of sp³-hybridized carbons (Fsp3) is 0.261. The van der Waals surface area contributed by atoms with Crippen LogP contribution in [0.4, 0.5) is 5.69 Å². The molecule has 164 valence electrons. The average Bonchev–Trinajstić information content (AvgIpc) is 3.10. The van der Waals surface area contributed by atoms with Gasteiger partial charge in [-0.2, -0.15) is 0 Å². The summed E-state index contributed by atoms with van der Waals surface area (Å²) in [5, 5.41) is 0.880. The van der Waals surface area contributed by atoms with Gasteiger partial charge in [0.05, 0.1) is 23.1 Å². The van der Waals surface area contributed by atoms with E-state index in [-0.39, 0.29) is 42.7 Å². The fourth-order valence-electron chi connectivity index (χ4n) is 3.76. The van der Waals surface area contributed by atoms with Gasteiger partial charge < -0.3 is 9.88 Å². The van der Waals surface area contributed by atoms with Crippen molar-refractivity contribution in [3.8, 4) is 0 Å². The third kappa shape index (κ3) is 4.27. The highest BCUT2D eigenvalue weighted by atomic mass is 35.5. The van der Waals surface area contributed by atoms with Gasteiger partial charge in [0.1, 0.15) is 5.82 Å². The minimum absolute atomic E-state index is 0.0934. The van der Waals surface area contributed by atoms with Gasteiger partial charge >= 0.3 is 0 Å². The highest BCUT2D eigenvalue weighted by molar-refractivity contribution is 6.31. The Morgan fingerprint density at radius 2 is 1.88 bits per heavy atom. The number of halogens is 1. The number of rotatable bonds is 6. The van der Waals surface area contributed by atoms with Crippen molar-refractivity contribution in [2.24, 2.45) is 0 Å². The van der Waals surface area contributed by atoms with Gasteiger partial charge in [-0.25, -0.2) is 4.98 Å². The third-order valence-corrected chi connectivity index (χ3v) is 5.48. The van der Waals surface area contributed by atoms with E-state index >= 15 is 0 Å². The molecule has 3 aromatic rings. The van der Waals surface area contributed by atoms with E-state index in [1.54, 1.807) is 47.4 Å². The highest BCUT2D eigenvalue weighted by Crippen LogP contribution is 2.24. The molecule has 0 saturated carbocycles. The molecule has 9 heteroatoms. The van der Waals surface area contributed by atoms with Crippen molar-refractivity contribution in [1.82, 2.24) is 14.9 Å². The van der Waals surface area contributed by atoms with Crippen LogP contribution in [0.3, 0.4) is 0 Å². The molecule has 0 radical (unpaired) electrons. The zero-order valence-corrected chi connectivity index (χ0v) is 18.2. The van der Waals surface area contributed by atoms with Crippen molar-refractivity contribution in [2.75, 3.05) is 11.4 Å². The smallest absolute Gasteiger partial charge is 0.258 e. The van der Waals surface area contributed by atoms with Crippen LogP contribution in [-0.2, 0) is 16.1 Å². The molecule has 4 rings (SSSR count). The van der Waals surface area contributed by atoms with Gasteiger partial charge in [0.25, 0.3) is 11.5 Å². The molecule has 1 saturated heterocycles. The second-order valence-electron chi connectivity index (χ2n) is 7.57. The molecule has 0 unspecified atom stereocenters. The Kier molecular flexibility index (Phi) is 6.05. The second kappa shape index (κ2) is 8.92. The van der Waals surface area contributed by atoms with Crippen LogP contribution in [0.1, 0.15) is 42.4 Å². The zero-order chi connectivity index (χ0) is 22.8. The second-order valence-corrected chi connectivity index (χ2v) is 8.01. The number of benzene rings is 2. The maximum absolute atomic E-state index is 13.3. The molecule has 2 aromatic carbocycles. The lowest BCUT2D eigenvalue weighted by atomic mass is 10.1. The minimum Gasteiger partial charge on any atom is -0.331 e. The summed E-state index contributed by atoms with van der Waals surface area (Å²) in [6, 6.07) is 11.3. The summed E-state index contributed by atoms with van der Waals surface area (Å²) in [5.41, 5.74) is 0.869. The average molecular weight is 453 g/mol. The lowest BCUT2D eigenvalue weighted by molar-refractivity contribution is -0.121. The maximum Gasteiger partial charge on any atom is 0.258 e. The minimum atomic E-state index is -0.307. The number of fused-ring (bicyclic) bond motifs is 1. The number of nitrogens with one attached hydrogen (secondary N) is 1. The van der Waals surface area contributed by atoms with E-state index in [1.165, 1.54) is 0 Å². The van der Waals surface area contributed by atoms with E-state index in [4.69, 9.17) is 11.6 Å². The fourth-order valence-corrected chi connectivity index (χ4v) is 3.93. The summed E-state index contributed by atoms with van der Waals surface area (Å²) < 4.78 is 0. The molecule has 2 heterocycles. The first-order chi connectivity index (χ1) is 15.4. The Hall–Kier alpha value is -3.52. The molecule has 3 amide bonds. The van der Waals surface area contributed by atoms with E-state index in [9.17, 15) is 19.2 Å². The van der Waals surface area contributed by atoms with Crippen LogP contribution >= 0.6 is 11.6 Å². The van der Waals surface area contributed by atoms with Crippen molar-refractivity contribution in [2.45, 2.75) is 32.7 Å². The number of nitrogens with zero attached hydrogens (tertiary/aromatic N) is 3. The lowest BCUT2D eigenvalue weighted by Gasteiger charge is -2.22. The standard InChI is InChI=1S/C23H21ClN4O4/c1-2-10-27(13-19-25-18-12-15(24)6-7-17(18)22(31)26-19)23(32)14-4-3-5-16(11-14)28-20(29)8-9-21(28)30/h3-7,11-12H,2,8-10,13H2,1H3,(H,25,26,31). The van der Waals surface area contributed by atoms with E-state index < -0.39 is 0 Å². The Morgan fingerprint density at radius 1 is 1.12 bits per heavy atom. The number of aromatic amines is 1. The van der Waals surface area contributed by atoms with Crippen molar-refractivity contribution in [1.29, 1.82) is 0 Å². The van der Waals surface area contributed by atoms with E-state index in [2.05, 4.69) is 9.97 Å². The summed E-state index contributed by atoms with van der Waals surface area (Å²) >= 11 is 6.03. The summed E-state index contributed by atoms with van der Waals surface area (Å²) in [7, 11) is 0. The first-order valence-electron chi connectivity index (χ1n) is 10.3. The van der Waals surface area contributed by atoms with Gasteiger partial charge in [-0.15, -0.1) is 0 Å². The van der Waals surface area contributed by atoms with Crippen LogP contribution < -0.4 is 10.5 Å². The van der Waals surface area contributed by atoms with Gasteiger partial charge in [0.15, 0.2) is 0 Å². The van der Waals surface area contributed by atoms with Crippen LogP contribution in [0.2, 0.25) is 5.02 Å².